The normalized spacial score (nSPS) is 21.2. The van der Waals surface area contributed by atoms with E-state index in [0.717, 1.165) is 0 Å². The number of halogens is 3. The maximum absolute atomic E-state index is 12.2. The molecule has 0 spiro atoms. The molecule has 1 saturated heterocycles. The summed E-state index contributed by atoms with van der Waals surface area (Å²) in [6, 6.07) is 0. The molecule has 0 aromatic rings. The molecule has 1 atom stereocenters. The average molecular weight is 268 g/mol. The van der Waals surface area contributed by atoms with Crippen molar-refractivity contribution in [3.05, 3.63) is 0 Å². The molecule has 18 heavy (non-hydrogen) atoms. The molecule has 1 unspecified atom stereocenters. The van der Waals surface area contributed by atoms with Crippen molar-refractivity contribution in [2.45, 2.75) is 19.5 Å². The molecular formula is C11H19F3N2O2. The highest BCUT2D eigenvalue weighted by molar-refractivity contribution is 5.77. The summed E-state index contributed by atoms with van der Waals surface area (Å²) < 4.78 is 41.4. The molecule has 1 fully saturated rings. The van der Waals surface area contributed by atoms with Crippen LogP contribution >= 0.6 is 0 Å². The molecule has 106 valence electrons. The van der Waals surface area contributed by atoms with Crippen LogP contribution in [0.5, 0.6) is 0 Å². The maximum Gasteiger partial charge on any atom is 0.401 e. The van der Waals surface area contributed by atoms with Crippen molar-refractivity contribution in [2.24, 2.45) is 5.92 Å². The van der Waals surface area contributed by atoms with Crippen molar-refractivity contribution in [1.29, 1.82) is 0 Å². The number of ether oxygens (including phenoxy) is 1. The lowest BCUT2D eigenvalue weighted by Gasteiger charge is -2.18. The SMILES string of the molecule is CCOCC(=O)NCC1CCN(CC(F)(F)F)C1. The van der Waals surface area contributed by atoms with E-state index in [2.05, 4.69) is 5.32 Å². The second kappa shape index (κ2) is 6.94. The van der Waals surface area contributed by atoms with E-state index >= 15 is 0 Å². The summed E-state index contributed by atoms with van der Waals surface area (Å²) in [5, 5.41) is 2.67. The minimum atomic E-state index is -4.15. The van der Waals surface area contributed by atoms with Crippen LogP contribution in [-0.4, -0.2) is 56.4 Å². The third-order valence-corrected chi connectivity index (χ3v) is 2.80. The third kappa shape index (κ3) is 6.20. The van der Waals surface area contributed by atoms with Gasteiger partial charge < -0.3 is 10.1 Å². The summed E-state index contributed by atoms with van der Waals surface area (Å²) in [5.74, 6) is -0.121. The molecule has 0 radical (unpaired) electrons. The summed E-state index contributed by atoms with van der Waals surface area (Å²) in [5.41, 5.74) is 0. The van der Waals surface area contributed by atoms with E-state index in [0.29, 0.717) is 32.7 Å². The number of carbonyl (C=O) groups excluding carboxylic acids is 1. The van der Waals surface area contributed by atoms with Gasteiger partial charge >= 0.3 is 6.18 Å². The first kappa shape index (κ1) is 15.2. The predicted molar refractivity (Wildman–Crippen MR) is 60.1 cm³/mol. The molecule has 0 aliphatic carbocycles. The fraction of sp³-hybridized carbons (Fsp3) is 0.909. The number of alkyl halides is 3. The maximum atomic E-state index is 12.2. The van der Waals surface area contributed by atoms with E-state index < -0.39 is 12.7 Å². The first-order valence-corrected chi connectivity index (χ1v) is 6.04. The molecule has 1 rings (SSSR count). The zero-order chi connectivity index (χ0) is 13.6. The van der Waals surface area contributed by atoms with Gasteiger partial charge in [0.2, 0.25) is 5.91 Å². The van der Waals surface area contributed by atoms with Gasteiger partial charge in [-0.25, -0.2) is 0 Å². The molecule has 0 aromatic heterocycles. The van der Waals surface area contributed by atoms with Crippen LogP contribution in [0.4, 0.5) is 13.2 Å². The van der Waals surface area contributed by atoms with Crippen LogP contribution in [0.3, 0.4) is 0 Å². The van der Waals surface area contributed by atoms with E-state index in [4.69, 9.17) is 4.74 Å². The van der Waals surface area contributed by atoms with Gasteiger partial charge in [0.15, 0.2) is 0 Å². The van der Waals surface area contributed by atoms with Crippen molar-refractivity contribution in [3.8, 4) is 0 Å². The number of nitrogens with one attached hydrogen (secondary N) is 1. The van der Waals surface area contributed by atoms with Crippen LogP contribution in [0.1, 0.15) is 13.3 Å². The topological polar surface area (TPSA) is 41.6 Å². The Bertz CT molecular complexity index is 272. The number of carbonyl (C=O) groups is 1. The van der Waals surface area contributed by atoms with Crippen molar-refractivity contribution in [2.75, 3.05) is 39.4 Å². The molecule has 1 N–H and O–H groups in total. The Hall–Kier alpha value is -0.820. The Labute approximate surface area is 104 Å². The number of rotatable bonds is 6. The molecule has 7 heteroatoms. The Morgan fingerprint density at radius 3 is 2.83 bits per heavy atom. The zero-order valence-electron chi connectivity index (χ0n) is 10.4. The summed E-state index contributed by atoms with van der Waals surface area (Å²) >= 11 is 0. The molecule has 1 aliphatic rings. The van der Waals surface area contributed by atoms with E-state index in [1.807, 2.05) is 0 Å². The Morgan fingerprint density at radius 1 is 1.50 bits per heavy atom. The smallest absolute Gasteiger partial charge is 0.372 e. The summed E-state index contributed by atoms with van der Waals surface area (Å²) in [4.78, 5) is 12.6. The van der Waals surface area contributed by atoms with Crippen molar-refractivity contribution in [3.63, 3.8) is 0 Å². The van der Waals surface area contributed by atoms with E-state index in [1.54, 1.807) is 6.92 Å². The number of nitrogens with zero attached hydrogens (tertiary/aromatic N) is 1. The van der Waals surface area contributed by atoms with Crippen LogP contribution in [0, 0.1) is 5.92 Å². The molecule has 0 aromatic carbocycles. The Kier molecular flexibility index (Phi) is 5.87. The highest BCUT2D eigenvalue weighted by Gasteiger charge is 2.34. The van der Waals surface area contributed by atoms with Crippen molar-refractivity contribution < 1.29 is 22.7 Å². The van der Waals surface area contributed by atoms with Gasteiger partial charge in [0.25, 0.3) is 0 Å². The summed E-state index contributed by atoms with van der Waals surface area (Å²) in [6.07, 6.45) is -3.46. The van der Waals surface area contributed by atoms with Gasteiger partial charge in [0, 0.05) is 19.7 Å². The first-order valence-electron chi connectivity index (χ1n) is 6.04. The van der Waals surface area contributed by atoms with Crippen LogP contribution in [0.25, 0.3) is 0 Å². The summed E-state index contributed by atoms with van der Waals surface area (Å²) in [7, 11) is 0. The van der Waals surface area contributed by atoms with Gasteiger partial charge in [-0.15, -0.1) is 0 Å². The van der Waals surface area contributed by atoms with E-state index in [9.17, 15) is 18.0 Å². The first-order chi connectivity index (χ1) is 8.40. The third-order valence-electron chi connectivity index (χ3n) is 2.80. The fourth-order valence-electron chi connectivity index (χ4n) is 1.98. The van der Waals surface area contributed by atoms with E-state index in [-0.39, 0.29) is 18.4 Å². The average Bonchev–Trinajstić information content (AvgIpc) is 2.68. The van der Waals surface area contributed by atoms with Crippen LogP contribution in [-0.2, 0) is 9.53 Å². The standard InChI is InChI=1S/C11H19F3N2O2/c1-2-18-7-10(17)15-5-9-3-4-16(6-9)8-11(12,13)14/h9H,2-8H2,1H3,(H,15,17). The second-order valence-electron chi connectivity index (χ2n) is 4.45. The minimum absolute atomic E-state index is 0.00941. The highest BCUT2D eigenvalue weighted by Crippen LogP contribution is 2.22. The van der Waals surface area contributed by atoms with Gasteiger partial charge in [-0.1, -0.05) is 0 Å². The van der Waals surface area contributed by atoms with Gasteiger partial charge in [0.05, 0.1) is 6.54 Å². The predicted octanol–water partition coefficient (Wildman–Crippen LogP) is 1.02. The van der Waals surface area contributed by atoms with Gasteiger partial charge in [-0.2, -0.15) is 13.2 Å². The van der Waals surface area contributed by atoms with Gasteiger partial charge in [0.1, 0.15) is 6.61 Å². The van der Waals surface area contributed by atoms with Crippen molar-refractivity contribution in [1.82, 2.24) is 10.2 Å². The van der Waals surface area contributed by atoms with Crippen LogP contribution in [0.2, 0.25) is 0 Å². The van der Waals surface area contributed by atoms with Crippen LogP contribution < -0.4 is 5.32 Å². The zero-order valence-corrected chi connectivity index (χ0v) is 10.4. The minimum Gasteiger partial charge on any atom is -0.372 e. The molecule has 4 nitrogen and oxygen atoms in total. The number of hydrogen-bond acceptors (Lipinski definition) is 3. The quantitative estimate of drug-likeness (QED) is 0.782. The van der Waals surface area contributed by atoms with Crippen molar-refractivity contribution >= 4 is 5.91 Å². The number of likely N-dealkylation sites (tertiary alicyclic amines) is 1. The largest absolute Gasteiger partial charge is 0.401 e. The number of amides is 1. The van der Waals surface area contributed by atoms with E-state index in [1.165, 1.54) is 4.90 Å². The molecule has 1 aliphatic heterocycles. The lowest BCUT2D eigenvalue weighted by molar-refractivity contribution is -0.143. The molecule has 0 bridgehead atoms. The summed E-state index contributed by atoms with van der Waals surface area (Å²) in [6.45, 7) is 2.64. The number of hydrogen-bond donors (Lipinski definition) is 1. The van der Waals surface area contributed by atoms with Gasteiger partial charge in [-0.05, 0) is 25.8 Å². The highest BCUT2D eigenvalue weighted by atomic mass is 19.4. The Morgan fingerprint density at radius 2 is 2.22 bits per heavy atom. The monoisotopic (exact) mass is 268 g/mol. The molecule has 0 saturated carbocycles. The lowest BCUT2D eigenvalue weighted by atomic mass is 10.1. The fourth-order valence-corrected chi connectivity index (χ4v) is 1.98. The van der Waals surface area contributed by atoms with Gasteiger partial charge in [-0.3, -0.25) is 9.69 Å². The Balaban J connectivity index is 2.16. The molecule has 1 amide bonds. The van der Waals surface area contributed by atoms with Crippen LogP contribution in [0.15, 0.2) is 0 Å². The molecular weight excluding hydrogens is 249 g/mol. The molecule has 1 heterocycles. The second-order valence-corrected chi connectivity index (χ2v) is 4.45. The lowest BCUT2D eigenvalue weighted by Crippen LogP contribution is -2.35.